The summed E-state index contributed by atoms with van der Waals surface area (Å²) in [5.74, 6) is 0. The molecule has 0 radical (unpaired) electrons. The van der Waals surface area contributed by atoms with Crippen LogP contribution in [0.1, 0.15) is 12.5 Å². The fourth-order valence-electron chi connectivity index (χ4n) is 2.78. The third kappa shape index (κ3) is 2.98. The molecule has 0 bridgehead atoms. The number of rotatable bonds is 4. The van der Waals surface area contributed by atoms with Gasteiger partial charge in [-0.2, -0.15) is 0 Å². The first-order valence-electron chi connectivity index (χ1n) is 8.17. The lowest BCUT2D eigenvalue weighted by molar-refractivity contribution is 0.867. The summed E-state index contributed by atoms with van der Waals surface area (Å²) in [6.45, 7) is 1.96. The van der Waals surface area contributed by atoms with Gasteiger partial charge in [0.05, 0.1) is 0 Å². The third-order valence-electron chi connectivity index (χ3n) is 4.14. The minimum absolute atomic E-state index is 0.0324. The van der Waals surface area contributed by atoms with Crippen LogP contribution in [0.15, 0.2) is 81.6 Å². The Labute approximate surface area is 149 Å². The van der Waals surface area contributed by atoms with Crippen LogP contribution in [0, 0.1) is 0 Å². The number of fused-ring (bicyclic) bond motifs is 1. The van der Waals surface area contributed by atoms with Gasteiger partial charge < -0.3 is 0 Å². The second kappa shape index (κ2) is 6.61. The van der Waals surface area contributed by atoms with Crippen molar-refractivity contribution in [1.82, 2.24) is 14.6 Å². The van der Waals surface area contributed by atoms with E-state index in [0.717, 1.165) is 11.1 Å². The lowest BCUT2D eigenvalue weighted by atomic mass is 10.1. The van der Waals surface area contributed by atoms with Crippen LogP contribution in [0.3, 0.4) is 0 Å². The molecule has 0 aliphatic carbocycles. The van der Waals surface area contributed by atoms with E-state index in [9.17, 15) is 4.79 Å². The molecule has 1 N–H and O–H groups in total. The van der Waals surface area contributed by atoms with Crippen molar-refractivity contribution in [1.29, 1.82) is 0 Å². The number of nitrogens with zero attached hydrogens (tertiary/aromatic N) is 2. The van der Waals surface area contributed by atoms with Gasteiger partial charge in [-0.25, -0.2) is 9.50 Å². The SMILES string of the molecule is CCc1cnc2c(-c3ccc(Sc4ccccc4)cc3)c[nH]n2c1=O. The number of nitrogens with one attached hydrogen (secondary N) is 1. The Morgan fingerprint density at radius 3 is 2.48 bits per heavy atom. The van der Waals surface area contributed by atoms with E-state index in [-0.39, 0.29) is 5.56 Å². The predicted octanol–water partition coefficient (Wildman–Crippen LogP) is 4.40. The van der Waals surface area contributed by atoms with E-state index >= 15 is 0 Å². The highest BCUT2D eigenvalue weighted by Crippen LogP contribution is 2.30. The van der Waals surface area contributed by atoms with Crippen LogP contribution in [-0.2, 0) is 6.42 Å². The van der Waals surface area contributed by atoms with Crippen LogP contribution in [0.5, 0.6) is 0 Å². The molecule has 0 saturated heterocycles. The van der Waals surface area contributed by atoms with Crippen LogP contribution < -0.4 is 5.56 Å². The largest absolute Gasteiger partial charge is 0.296 e. The summed E-state index contributed by atoms with van der Waals surface area (Å²) in [4.78, 5) is 19.2. The number of hydrogen-bond acceptors (Lipinski definition) is 3. The van der Waals surface area contributed by atoms with E-state index in [4.69, 9.17) is 0 Å². The summed E-state index contributed by atoms with van der Waals surface area (Å²) in [6, 6.07) is 18.6. The molecule has 0 fully saturated rings. The molecule has 0 saturated carbocycles. The second-order valence-corrected chi connectivity index (χ2v) is 6.87. The molecule has 0 aliphatic rings. The summed E-state index contributed by atoms with van der Waals surface area (Å²) in [5.41, 5.74) is 3.30. The maximum atomic E-state index is 12.3. The van der Waals surface area contributed by atoms with Gasteiger partial charge in [-0.1, -0.05) is 49.0 Å². The number of aryl methyl sites for hydroxylation is 1. The van der Waals surface area contributed by atoms with Crippen molar-refractivity contribution < 1.29 is 0 Å². The lowest BCUT2D eigenvalue weighted by Gasteiger charge is -2.04. The molecule has 0 aliphatic heterocycles. The number of aromatic nitrogens is 3. The number of benzene rings is 2. The summed E-state index contributed by atoms with van der Waals surface area (Å²) in [6.07, 6.45) is 4.19. The van der Waals surface area contributed by atoms with Crippen molar-refractivity contribution in [3.8, 4) is 11.1 Å². The maximum Gasteiger partial charge on any atom is 0.275 e. The average Bonchev–Trinajstić information content (AvgIpc) is 3.09. The first-order valence-corrected chi connectivity index (χ1v) is 8.99. The van der Waals surface area contributed by atoms with Crippen LogP contribution in [-0.4, -0.2) is 14.6 Å². The van der Waals surface area contributed by atoms with Gasteiger partial charge in [-0.05, 0) is 36.2 Å². The molecule has 25 heavy (non-hydrogen) atoms. The van der Waals surface area contributed by atoms with Crippen molar-refractivity contribution in [2.75, 3.05) is 0 Å². The Kier molecular flexibility index (Phi) is 4.15. The molecule has 0 spiro atoms. The highest BCUT2D eigenvalue weighted by Gasteiger charge is 2.11. The van der Waals surface area contributed by atoms with E-state index in [1.54, 1.807) is 18.0 Å². The molecule has 0 unspecified atom stereocenters. The normalized spacial score (nSPS) is 11.1. The smallest absolute Gasteiger partial charge is 0.275 e. The third-order valence-corrected chi connectivity index (χ3v) is 5.15. The molecule has 4 rings (SSSR count). The highest BCUT2D eigenvalue weighted by molar-refractivity contribution is 7.99. The Bertz CT molecular complexity index is 1070. The van der Waals surface area contributed by atoms with Crippen LogP contribution in [0.4, 0.5) is 0 Å². The van der Waals surface area contributed by atoms with E-state index in [1.165, 1.54) is 14.3 Å². The number of hydrogen-bond donors (Lipinski definition) is 1. The van der Waals surface area contributed by atoms with Gasteiger partial charge in [0.1, 0.15) is 0 Å². The van der Waals surface area contributed by atoms with Crippen LogP contribution in [0.25, 0.3) is 16.8 Å². The standard InChI is InChI=1S/C20H17N3OS/c1-2-14-12-21-19-18(13-22-23(19)20(14)24)15-8-10-17(11-9-15)25-16-6-4-3-5-7-16/h3-13,22H,2H2,1H3. The van der Waals surface area contributed by atoms with Crippen LogP contribution in [0.2, 0.25) is 0 Å². The minimum atomic E-state index is -0.0324. The van der Waals surface area contributed by atoms with E-state index in [1.807, 2.05) is 31.3 Å². The predicted molar refractivity (Wildman–Crippen MR) is 101 cm³/mol. The number of H-pyrrole nitrogens is 1. The van der Waals surface area contributed by atoms with Gasteiger partial charge >= 0.3 is 0 Å². The molecular weight excluding hydrogens is 330 g/mol. The maximum absolute atomic E-state index is 12.3. The summed E-state index contributed by atoms with van der Waals surface area (Å²) in [5, 5.41) is 3.02. The Balaban J connectivity index is 1.67. The fraction of sp³-hybridized carbons (Fsp3) is 0.100. The molecular formula is C20H17N3OS. The molecule has 0 amide bonds. The first-order chi connectivity index (χ1) is 12.3. The summed E-state index contributed by atoms with van der Waals surface area (Å²) >= 11 is 1.73. The lowest BCUT2D eigenvalue weighted by Crippen LogP contribution is -2.18. The fourth-order valence-corrected chi connectivity index (χ4v) is 3.61. The average molecular weight is 347 g/mol. The van der Waals surface area contributed by atoms with E-state index in [0.29, 0.717) is 17.6 Å². The van der Waals surface area contributed by atoms with Crippen molar-refractivity contribution in [3.63, 3.8) is 0 Å². The summed E-state index contributed by atoms with van der Waals surface area (Å²) < 4.78 is 1.51. The second-order valence-electron chi connectivity index (χ2n) is 5.73. The number of aromatic amines is 1. The highest BCUT2D eigenvalue weighted by atomic mass is 32.2. The molecule has 2 heterocycles. The molecule has 4 aromatic rings. The monoisotopic (exact) mass is 347 g/mol. The van der Waals surface area contributed by atoms with Crippen molar-refractivity contribution in [2.24, 2.45) is 0 Å². The van der Waals surface area contributed by atoms with Crippen molar-refractivity contribution in [2.45, 2.75) is 23.1 Å². The van der Waals surface area contributed by atoms with Gasteiger partial charge in [-0.15, -0.1) is 0 Å². The van der Waals surface area contributed by atoms with Crippen molar-refractivity contribution >= 4 is 17.4 Å². The Morgan fingerprint density at radius 1 is 1.04 bits per heavy atom. The molecule has 5 heteroatoms. The molecule has 4 nitrogen and oxygen atoms in total. The topological polar surface area (TPSA) is 50.2 Å². The van der Waals surface area contributed by atoms with Gasteiger partial charge in [-0.3, -0.25) is 9.89 Å². The first kappa shape index (κ1) is 15.7. The van der Waals surface area contributed by atoms with Gasteiger partial charge in [0.2, 0.25) is 0 Å². The van der Waals surface area contributed by atoms with E-state index in [2.05, 4.69) is 46.5 Å². The minimum Gasteiger partial charge on any atom is -0.296 e. The van der Waals surface area contributed by atoms with Crippen LogP contribution >= 0.6 is 11.8 Å². The van der Waals surface area contributed by atoms with Crippen molar-refractivity contribution in [3.05, 3.63) is 82.9 Å². The Hall–Kier alpha value is -2.79. The molecule has 0 atom stereocenters. The molecule has 124 valence electrons. The van der Waals surface area contributed by atoms with Gasteiger partial charge in [0, 0.05) is 33.3 Å². The van der Waals surface area contributed by atoms with Gasteiger partial charge in [0.15, 0.2) is 5.65 Å². The molecule has 2 aromatic carbocycles. The zero-order valence-electron chi connectivity index (χ0n) is 13.8. The zero-order valence-corrected chi connectivity index (χ0v) is 14.6. The Morgan fingerprint density at radius 2 is 1.76 bits per heavy atom. The quantitative estimate of drug-likeness (QED) is 0.595. The zero-order chi connectivity index (χ0) is 17.2. The summed E-state index contributed by atoms with van der Waals surface area (Å²) in [7, 11) is 0. The van der Waals surface area contributed by atoms with Gasteiger partial charge in [0.25, 0.3) is 5.56 Å². The van der Waals surface area contributed by atoms with E-state index < -0.39 is 0 Å². The molecule has 2 aromatic heterocycles.